The number of Topliss-reactive ketones (excluding diaryl/α,β-unsaturated/α-hetero) is 1. The Labute approximate surface area is 147 Å². The van der Waals surface area contributed by atoms with Gasteiger partial charge in [0.25, 0.3) is 0 Å². The third-order valence-electron chi connectivity index (χ3n) is 5.72. The Morgan fingerprint density at radius 2 is 1.80 bits per heavy atom. The molecule has 130 valence electrons. The summed E-state index contributed by atoms with van der Waals surface area (Å²) in [7, 11) is 0. The molecule has 0 aliphatic carbocycles. The number of ketones is 1. The maximum absolute atomic E-state index is 13.0. The van der Waals surface area contributed by atoms with E-state index in [1.807, 2.05) is 6.07 Å². The third kappa shape index (κ3) is 3.49. The average molecular weight is 338 g/mol. The minimum Gasteiger partial charge on any atom is -0.294 e. The van der Waals surface area contributed by atoms with E-state index >= 15 is 0 Å². The fourth-order valence-electron chi connectivity index (χ4n) is 4.50. The summed E-state index contributed by atoms with van der Waals surface area (Å²) < 4.78 is 13.0. The minimum absolute atomic E-state index is 0.0367. The molecule has 0 saturated carbocycles. The van der Waals surface area contributed by atoms with Crippen LogP contribution in [-0.4, -0.2) is 27.8 Å². The molecule has 1 aromatic carbocycles. The van der Waals surface area contributed by atoms with Gasteiger partial charge in [-0.15, -0.1) is 0 Å². The van der Waals surface area contributed by atoms with E-state index in [4.69, 9.17) is 0 Å². The highest BCUT2D eigenvalue weighted by Gasteiger charge is 2.40. The zero-order valence-electron chi connectivity index (χ0n) is 14.3. The first-order valence-corrected chi connectivity index (χ1v) is 9.16. The van der Waals surface area contributed by atoms with Crippen molar-refractivity contribution in [2.45, 2.75) is 50.7 Å². The summed E-state index contributed by atoms with van der Waals surface area (Å²) in [5.41, 5.74) is 1.88. The molecule has 2 atom stereocenters. The first kappa shape index (κ1) is 16.4. The number of nitrogens with zero attached hydrogens (tertiary/aromatic N) is 2. The molecule has 2 bridgehead atoms. The minimum atomic E-state index is -0.536. The molecular weight excluding hydrogens is 315 g/mol. The van der Waals surface area contributed by atoms with E-state index in [2.05, 4.69) is 34.1 Å². The molecule has 2 aromatic rings. The topological polar surface area (TPSA) is 33.2 Å². The second-order valence-electron chi connectivity index (χ2n) is 7.30. The first-order chi connectivity index (χ1) is 12.2. The molecule has 25 heavy (non-hydrogen) atoms. The number of hydrogen-bond donors (Lipinski definition) is 0. The van der Waals surface area contributed by atoms with Gasteiger partial charge in [0.1, 0.15) is 0 Å². The SMILES string of the molecule is O=C(c1ccc(F)nc1)C1CC2CCCC(C1)N2Cc1ccccc1. The fraction of sp³-hybridized carbons (Fsp3) is 0.429. The molecule has 0 radical (unpaired) electrons. The average Bonchev–Trinajstić information content (AvgIpc) is 2.62. The number of carbonyl (C=O) groups excluding carboxylic acids is 1. The lowest BCUT2D eigenvalue weighted by molar-refractivity contribution is 0.00905. The van der Waals surface area contributed by atoms with Crippen molar-refractivity contribution in [1.82, 2.24) is 9.88 Å². The van der Waals surface area contributed by atoms with Crippen molar-refractivity contribution < 1.29 is 9.18 Å². The van der Waals surface area contributed by atoms with Gasteiger partial charge in [-0.25, -0.2) is 4.98 Å². The molecule has 2 unspecified atom stereocenters. The van der Waals surface area contributed by atoms with Crippen molar-refractivity contribution in [2.24, 2.45) is 5.92 Å². The first-order valence-electron chi connectivity index (χ1n) is 9.16. The van der Waals surface area contributed by atoms with Crippen LogP contribution in [0.15, 0.2) is 48.7 Å². The van der Waals surface area contributed by atoms with Crippen LogP contribution >= 0.6 is 0 Å². The van der Waals surface area contributed by atoms with E-state index in [1.165, 1.54) is 24.2 Å². The second-order valence-corrected chi connectivity index (χ2v) is 7.30. The predicted molar refractivity (Wildman–Crippen MR) is 94.7 cm³/mol. The summed E-state index contributed by atoms with van der Waals surface area (Å²) in [6.07, 6.45) is 6.76. The molecular formula is C21H23FN2O. The Kier molecular flexibility index (Phi) is 4.62. The fourth-order valence-corrected chi connectivity index (χ4v) is 4.50. The molecule has 2 fully saturated rings. The Balaban J connectivity index is 1.49. The van der Waals surface area contributed by atoms with Crippen LogP contribution in [-0.2, 0) is 6.54 Å². The van der Waals surface area contributed by atoms with E-state index in [9.17, 15) is 9.18 Å². The smallest absolute Gasteiger partial charge is 0.212 e. The van der Waals surface area contributed by atoms with Gasteiger partial charge in [-0.3, -0.25) is 9.69 Å². The summed E-state index contributed by atoms with van der Waals surface area (Å²) in [6.45, 7) is 0.967. The molecule has 4 heteroatoms. The van der Waals surface area contributed by atoms with E-state index < -0.39 is 5.95 Å². The van der Waals surface area contributed by atoms with E-state index in [0.29, 0.717) is 17.6 Å². The van der Waals surface area contributed by atoms with Crippen LogP contribution in [0.1, 0.15) is 48.0 Å². The van der Waals surface area contributed by atoms with Crippen molar-refractivity contribution in [1.29, 1.82) is 0 Å². The molecule has 0 amide bonds. The zero-order valence-corrected chi connectivity index (χ0v) is 14.3. The van der Waals surface area contributed by atoms with Gasteiger partial charge in [0.2, 0.25) is 5.95 Å². The Morgan fingerprint density at radius 1 is 1.08 bits per heavy atom. The number of fused-ring (bicyclic) bond motifs is 2. The number of aromatic nitrogens is 1. The van der Waals surface area contributed by atoms with Gasteiger partial charge < -0.3 is 0 Å². The van der Waals surface area contributed by atoms with Gasteiger partial charge in [-0.1, -0.05) is 36.8 Å². The quantitative estimate of drug-likeness (QED) is 0.618. The summed E-state index contributed by atoms with van der Waals surface area (Å²) in [5.74, 6) is -0.371. The Bertz CT molecular complexity index is 717. The van der Waals surface area contributed by atoms with Crippen molar-refractivity contribution in [3.8, 4) is 0 Å². The molecule has 0 N–H and O–H groups in total. The highest BCUT2D eigenvalue weighted by molar-refractivity contribution is 5.97. The monoisotopic (exact) mass is 338 g/mol. The van der Waals surface area contributed by atoms with Crippen LogP contribution in [0.5, 0.6) is 0 Å². The van der Waals surface area contributed by atoms with E-state index in [-0.39, 0.29) is 11.7 Å². The number of pyridine rings is 1. The van der Waals surface area contributed by atoms with Crippen molar-refractivity contribution >= 4 is 5.78 Å². The standard InChI is InChI=1S/C21H23FN2O/c22-20-10-9-16(13-23-20)21(25)17-11-18-7-4-8-19(12-17)24(18)14-15-5-2-1-3-6-15/h1-3,5-6,9-10,13,17-19H,4,7-8,11-12,14H2. The lowest BCUT2D eigenvalue weighted by Crippen LogP contribution is -2.52. The predicted octanol–water partition coefficient (Wildman–Crippen LogP) is 4.24. The van der Waals surface area contributed by atoms with Crippen molar-refractivity contribution in [3.05, 3.63) is 65.7 Å². The van der Waals surface area contributed by atoms with Gasteiger partial charge in [-0.05, 0) is 43.4 Å². The summed E-state index contributed by atoms with van der Waals surface area (Å²) in [6, 6.07) is 14.4. The second kappa shape index (κ2) is 7.04. The maximum Gasteiger partial charge on any atom is 0.212 e. The number of piperidine rings is 2. The molecule has 3 heterocycles. The van der Waals surface area contributed by atoms with Crippen LogP contribution in [0.2, 0.25) is 0 Å². The van der Waals surface area contributed by atoms with Gasteiger partial charge in [0.15, 0.2) is 5.78 Å². The van der Waals surface area contributed by atoms with Crippen LogP contribution in [0.25, 0.3) is 0 Å². The third-order valence-corrected chi connectivity index (χ3v) is 5.72. The summed E-state index contributed by atoms with van der Waals surface area (Å²) in [4.78, 5) is 19.1. The van der Waals surface area contributed by atoms with Crippen LogP contribution < -0.4 is 0 Å². The molecule has 1 aromatic heterocycles. The van der Waals surface area contributed by atoms with E-state index in [1.54, 1.807) is 6.07 Å². The number of halogens is 1. The molecule has 0 spiro atoms. The van der Waals surface area contributed by atoms with Crippen molar-refractivity contribution in [3.63, 3.8) is 0 Å². The molecule has 2 aliphatic heterocycles. The number of hydrogen-bond acceptors (Lipinski definition) is 3. The number of carbonyl (C=O) groups is 1. The lowest BCUT2D eigenvalue weighted by Gasteiger charge is -2.48. The van der Waals surface area contributed by atoms with Crippen molar-refractivity contribution in [2.75, 3.05) is 0 Å². The van der Waals surface area contributed by atoms with Crippen LogP contribution in [0, 0.1) is 11.9 Å². The van der Waals surface area contributed by atoms with Crippen LogP contribution in [0.4, 0.5) is 4.39 Å². The molecule has 4 rings (SSSR count). The normalized spacial score (nSPS) is 26.4. The largest absolute Gasteiger partial charge is 0.294 e. The summed E-state index contributed by atoms with van der Waals surface area (Å²) >= 11 is 0. The Morgan fingerprint density at radius 3 is 2.44 bits per heavy atom. The number of benzene rings is 1. The maximum atomic E-state index is 13.0. The molecule has 3 nitrogen and oxygen atoms in total. The Hall–Kier alpha value is -2.07. The summed E-state index contributed by atoms with van der Waals surface area (Å²) in [5, 5.41) is 0. The lowest BCUT2D eigenvalue weighted by atomic mass is 9.75. The highest BCUT2D eigenvalue weighted by Crippen LogP contribution is 2.39. The van der Waals surface area contributed by atoms with Gasteiger partial charge in [-0.2, -0.15) is 4.39 Å². The zero-order chi connectivity index (χ0) is 17.2. The van der Waals surface area contributed by atoms with Gasteiger partial charge in [0.05, 0.1) is 0 Å². The van der Waals surface area contributed by atoms with E-state index in [0.717, 1.165) is 32.2 Å². The van der Waals surface area contributed by atoms with Gasteiger partial charge in [0, 0.05) is 36.3 Å². The number of rotatable bonds is 4. The van der Waals surface area contributed by atoms with Crippen LogP contribution in [0.3, 0.4) is 0 Å². The van der Waals surface area contributed by atoms with Gasteiger partial charge >= 0.3 is 0 Å². The highest BCUT2D eigenvalue weighted by atomic mass is 19.1. The molecule has 2 saturated heterocycles. The molecule has 2 aliphatic rings.